The van der Waals surface area contributed by atoms with Crippen LogP contribution in [-0.2, 0) is 0 Å². The van der Waals surface area contributed by atoms with Crippen molar-refractivity contribution in [1.82, 2.24) is 10.6 Å². The lowest BCUT2D eigenvalue weighted by atomic mass is 10.1. The molecule has 0 aromatic heterocycles. The minimum Gasteiger partial charge on any atom is -0.338 e. The Morgan fingerprint density at radius 3 is 2.62 bits per heavy atom. The second-order valence-corrected chi connectivity index (χ2v) is 5.87. The molecular formula is C17H27N3O. The lowest BCUT2D eigenvalue weighted by Crippen LogP contribution is -2.29. The van der Waals surface area contributed by atoms with Crippen molar-refractivity contribution in [3.8, 4) is 0 Å². The number of nitrogens with one attached hydrogen (secondary N) is 3. The highest BCUT2D eigenvalue weighted by Crippen LogP contribution is 2.33. The molecule has 116 valence electrons. The molecule has 1 aliphatic rings. The van der Waals surface area contributed by atoms with E-state index in [1.165, 1.54) is 24.8 Å². The molecule has 0 saturated heterocycles. The first-order chi connectivity index (χ1) is 10.2. The van der Waals surface area contributed by atoms with E-state index in [9.17, 15) is 4.79 Å². The Labute approximate surface area is 127 Å². The first kappa shape index (κ1) is 15.8. The van der Waals surface area contributed by atoms with Gasteiger partial charge in [-0.2, -0.15) is 0 Å². The Morgan fingerprint density at radius 2 is 2.00 bits per heavy atom. The van der Waals surface area contributed by atoms with E-state index in [1.54, 1.807) is 0 Å². The molecule has 1 aromatic carbocycles. The molecule has 1 aromatic rings. The summed E-state index contributed by atoms with van der Waals surface area (Å²) < 4.78 is 0. The number of hydrogen-bond donors (Lipinski definition) is 3. The van der Waals surface area contributed by atoms with Gasteiger partial charge in [0.25, 0.3) is 0 Å². The molecular weight excluding hydrogens is 262 g/mol. The Morgan fingerprint density at radius 1 is 1.29 bits per heavy atom. The minimum absolute atomic E-state index is 0.113. The molecule has 0 heterocycles. The normalized spacial score (nSPS) is 15.5. The Bertz CT molecular complexity index is 440. The van der Waals surface area contributed by atoms with Crippen LogP contribution in [0.3, 0.4) is 0 Å². The van der Waals surface area contributed by atoms with Crippen LogP contribution in [0.25, 0.3) is 0 Å². The summed E-state index contributed by atoms with van der Waals surface area (Å²) in [6.07, 6.45) is 5.09. The van der Waals surface area contributed by atoms with Gasteiger partial charge in [0, 0.05) is 18.3 Å². The fraction of sp³-hybridized carbons (Fsp3) is 0.588. The molecule has 1 saturated carbocycles. The van der Waals surface area contributed by atoms with Gasteiger partial charge in [-0.15, -0.1) is 0 Å². The van der Waals surface area contributed by atoms with Crippen molar-refractivity contribution >= 4 is 11.7 Å². The summed E-state index contributed by atoms with van der Waals surface area (Å²) in [5.74, 6) is 0.932. The summed E-state index contributed by atoms with van der Waals surface area (Å²) in [4.78, 5) is 11.8. The van der Waals surface area contributed by atoms with Crippen LogP contribution < -0.4 is 16.0 Å². The molecule has 0 bridgehead atoms. The molecule has 0 spiro atoms. The van der Waals surface area contributed by atoms with E-state index in [0.29, 0.717) is 6.04 Å². The van der Waals surface area contributed by atoms with Crippen LogP contribution in [-0.4, -0.2) is 19.1 Å². The minimum atomic E-state index is -0.113. The van der Waals surface area contributed by atoms with Crippen molar-refractivity contribution in [3.05, 3.63) is 29.8 Å². The highest BCUT2D eigenvalue weighted by molar-refractivity contribution is 5.89. The fourth-order valence-corrected chi connectivity index (χ4v) is 2.45. The van der Waals surface area contributed by atoms with Crippen molar-refractivity contribution in [1.29, 1.82) is 0 Å². The van der Waals surface area contributed by atoms with Crippen LogP contribution in [0, 0.1) is 5.92 Å². The Balaban J connectivity index is 1.69. The summed E-state index contributed by atoms with van der Waals surface area (Å²) in [6.45, 7) is 5.95. The topological polar surface area (TPSA) is 53.2 Å². The maximum absolute atomic E-state index is 11.8. The van der Waals surface area contributed by atoms with Crippen molar-refractivity contribution in [2.45, 2.75) is 45.6 Å². The van der Waals surface area contributed by atoms with E-state index in [2.05, 4.69) is 41.9 Å². The summed E-state index contributed by atoms with van der Waals surface area (Å²) in [6, 6.07) is 8.23. The molecule has 4 heteroatoms. The quantitative estimate of drug-likeness (QED) is 0.640. The van der Waals surface area contributed by atoms with Gasteiger partial charge in [0.2, 0.25) is 0 Å². The van der Waals surface area contributed by atoms with Crippen molar-refractivity contribution in [3.63, 3.8) is 0 Å². The summed E-state index contributed by atoms with van der Waals surface area (Å²) in [5.41, 5.74) is 2.06. The van der Waals surface area contributed by atoms with E-state index < -0.39 is 0 Å². The number of carbonyl (C=O) groups excluding carboxylic acids is 1. The number of rotatable bonds is 8. The van der Waals surface area contributed by atoms with Gasteiger partial charge in [0.1, 0.15) is 0 Å². The molecule has 0 radical (unpaired) electrons. The van der Waals surface area contributed by atoms with Gasteiger partial charge in [-0.05, 0) is 49.9 Å². The second kappa shape index (κ2) is 8.03. The zero-order valence-corrected chi connectivity index (χ0v) is 13.1. The molecule has 3 N–H and O–H groups in total. The van der Waals surface area contributed by atoms with Gasteiger partial charge in [-0.25, -0.2) is 4.79 Å². The third kappa shape index (κ3) is 5.76. The first-order valence-corrected chi connectivity index (χ1v) is 8.07. The second-order valence-electron chi connectivity index (χ2n) is 5.87. The van der Waals surface area contributed by atoms with Gasteiger partial charge in [-0.1, -0.05) is 31.9 Å². The van der Waals surface area contributed by atoms with Gasteiger partial charge in [-0.3, -0.25) is 0 Å². The van der Waals surface area contributed by atoms with Gasteiger partial charge < -0.3 is 16.0 Å². The van der Waals surface area contributed by atoms with Crippen molar-refractivity contribution in [2.75, 3.05) is 18.4 Å². The highest BCUT2D eigenvalue weighted by atomic mass is 16.2. The molecule has 2 rings (SSSR count). The van der Waals surface area contributed by atoms with E-state index in [1.807, 2.05) is 12.1 Å². The van der Waals surface area contributed by atoms with Crippen LogP contribution in [0.4, 0.5) is 10.5 Å². The van der Waals surface area contributed by atoms with Crippen LogP contribution in [0.5, 0.6) is 0 Å². The Hall–Kier alpha value is -1.55. The van der Waals surface area contributed by atoms with E-state index in [0.717, 1.165) is 31.1 Å². The van der Waals surface area contributed by atoms with Gasteiger partial charge >= 0.3 is 6.03 Å². The number of carbonyl (C=O) groups is 1. The number of amides is 2. The summed E-state index contributed by atoms with van der Waals surface area (Å²) >= 11 is 0. The number of anilines is 1. The van der Waals surface area contributed by atoms with Crippen molar-refractivity contribution < 1.29 is 4.79 Å². The average molecular weight is 289 g/mol. The number of benzene rings is 1. The van der Waals surface area contributed by atoms with Crippen molar-refractivity contribution in [2.24, 2.45) is 5.92 Å². The maximum atomic E-state index is 11.8. The smallest absolute Gasteiger partial charge is 0.319 e. The third-order valence-electron chi connectivity index (χ3n) is 3.95. The van der Waals surface area contributed by atoms with Crippen LogP contribution in [0.1, 0.15) is 51.1 Å². The largest absolute Gasteiger partial charge is 0.338 e. The lowest BCUT2D eigenvalue weighted by molar-refractivity contribution is 0.252. The predicted molar refractivity (Wildman–Crippen MR) is 87.5 cm³/mol. The molecule has 1 atom stereocenters. The number of urea groups is 1. The molecule has 1 aliphatic carbocycles. The maximum Gasteiger partial charge on any atom is 0.319 e. The van der Waals surface area contributed by atoms with E-state index >= 15 is 0 Å². The van der Waals surface area contributed by atoms with Crippen LogP contribution in [0.15, 0.2) is 24.3 Å². The molecule has 1 fully saturated rings. The SMILES string of the molecule is CCNC(C)c1ccc(NC(=O)NCCCC2CC2)cc1. The molecule has 2 amide bonds. The molecule has 4 nitrogen and oxygen atoms in total. The summed E-state index contributed by atoms with van der Waals surface area (Å²) in [5, 5.41) is 9.15. The van der Waals surface area contributed by atoms with E-state index in [4.69, 9.17) is 0 Å². The monoisotopic (exact) mass is 289 g/mol. The lowest BCUT2D eigenvalue weighted by Gasteiger charge is -2.13. The zero-order chi connectivity index (χ0) is 15.1. The van der Waals surface area contributed by atoms with E-state index in [-0.39, 0.29) is 6.03 Å². The molecule has 1 unspecified atom stereocenters. The first-order valence-electron chi connectivity index (χ1n) is 8.07. The van der Waals surface area contributed by atoms with Gasteiger partial charge in [0.15, 0.2) is 0 Å². The highest BCUT2D eigenvalue weighted by Gasteiger charge is 2.20. The third-order valence-corrected chi connectivity index (χ3v) is 3.95. The zero-order valence-electron chi connectivity index (χ0n) is 13.1. The average Bonchev–Trinajstić information content (AvgIpc) is 3.29. The fourth-order valence-electron chi connectivity index (χ4n) is 2.45. The number of hydrogen-bond acceptors (Lipinski definition) is 2. The summed E-state index contributed by atoms with van der Waals surface area (Å²) in [7, 11) is 0. The van der Waals surface area contributed by atoms with Crippen LogP contribution in [0.2, 0.25) is 0 Å². The molecule has 0 aliphatic heterocycles. The molecule has 21 heavy (non-hydrogen) atoms. The predicted octanol–water partition coefficient (Wildman–Crippen LogP) is 3.67. The van der Waals surface area contributed by atoms with Crippen LogP contribution >= 0.6 is 0 Å². The Kier molecular flexibility index (Phi) is 6.05. The van der Waals surface area contributed by atoms with Gasteiger partial charge in [0.05, 0.1) is 0 Å². The standard InChI is InChI=1S/C17H27N3O/c1-3-18-13(2)15-8-10-16(11-9-15)20-17(21)19-12-4-5-14-6-7-14/h8-11,13-14,18H,3-7,12H2,1-2H3,(H2,19,20,21).